The molecule has 2 aromatic rings. The van der Waals surface area contributed by atoms with Crippen molar-refractivity contribution in [2.24, 2.45) is 0 Å². The zero-order chi connectivity index (χ0) is 12.2. The van der Waals surface area contributed by atoms with E-state index in [1.807, 2.05) is 0 Å². The van der Waals surface area contributed by atoms with E-state index < -0.39 is 0 Å². The Morgan fingerprint density at radius 2 is 2.00 bits per heavy atom. The van der Waals surface area contributed by atoms with E-state index in [2.05, 4.69) is 37.9 Å². The predicted octanol–water partition coefficient (Wildman–Crippen LogP) is 4.05. The number of rotatable bonds is 1. The number of hydrogen-bond donors (Lipinski definition) is 1. The first-order chi connectivity index (χ1) is 7.97. The minimum Gasteiger partial charge on any atom is -0.375 e. The average molecular weight is 246 g/mol. The number of nitrogens with two attached hydrogens (primary N) is 1. The third kappa shape index (κ3) is 1.82. The predicted molar refractivity (Wildman–Crippen MR) is 74.7 cm³/mol. The third-order valence-corrected chi connectivity index (χ3v) is 4.23. The summed E-state index contributed by atoms with van der Waals surface area (Å²) in [7, 11) is 0. The van der Waals surface area contributed by atoms with Crippen LogP contribution in [0.3, 0.4) is 0 Å². The van der Waals surface area contributed by atoms with Gasteiger partial charge >= 0.3 is 0 Å². The summed E-state index contributed by atoms with van der Waals surface area (Å²) in [4.78, 5) is 4.55. The molecule has 0 aliphatic heterocycles. The Morgan fingerprint density at radius 3 is 2.59 bits per heavy atom. The number of benzene rings is 1. The normalized spacial score (nSPS) is 16.6. The van der Waals surface area contributed by atoms with Crippen LogP contribution in [0.5, 0.6) is 0 Å². The molecule has 3 heteroatoms. The summed E-state index contributed by atoms with van der Waals surface area (Å²) in [6.07, 6.45) is 2.66. The molecule has 0 radical (unpaired) electrons. The van der Waals surface area contributed by atoms with E-state index in [0.29, 0.717) is 5.13 Å². The SMILES string of the molecule is CC(C)(C)c1c(C2CC2)ccc2sc(N)nc12. The van der Waals surface area contributed by atoms with Crippen molar-refractivity contribution in [2.75, 3.05) is 5.73 Å². The molecule has 0 atom stereocenters. The Balaban J connectivity index is 2.33. The van der Waals surface area contributed by atoms with Crippen molar-refractivity contribution in [1.29, 1.82) is 0 Å². The van der Waals surface area contributed by atoms with E-state index in [-0.39, 0.29) is 5.41 Å². The fraction of sp³-hybridized carbons (Fsp3) is 0.500. The minimum absolute atomic E-state index is 0.137. The molecule has 17 heavy (non-hydrogen) atoms. The van der Waals surface area contributed by atoms with Crippen molar-refractivity contribution >= 4 is 26.7 Å². The molecule has 1 aliphatic carbocycles. The molecule has 1 saturated carbocycles. The first kappa shape index (κ1) is 11.0. The van der Waals surface area contributed by atoms with Crippen LogP contribution in [0.2, 0.25) is 0 Å². The van der Waals surface area contributed by atoms with Crippen molar-refractivity contribution in [2.45, 2.75) is 44.9 Å². The first-order valence-electron chi connectivity index (χ1n) is 6.16. The molecular formula is C14H18N2S. The van der Waals surface area contributed by atoms with Crippen LogP contribution in [0.15, 0.2) is 12.1 Å². The highest BCUT2D eigenvalue weighted by Crippen LogP contribution is 2.47. The second-order valence-corrected chi connectivity index (χ2v) is 7.02. The van der Waals surface area contributed by atoms with Crippen LogP contribution >= 0.6 is 11.3 Å². The fourth-order valence-electron chi connectivity index (χ4n) is 2.55. The monoisotopic (exact) mass is 246 g/mol. The largest absolute Gasteiger partial charge is 0.375 e. The molecule has 1 aromatic heterocycles. The summed E-state index contributed by atoms with van der Waals surface area (Å²) in [5, 5.41) is 0.679. The van der Waals surface area contributed by atoms with Crippen LogP contribution in [-0.2, 0) is 5.41 Å². The molecule has 3 rings (SSSR count). The van der Waals surface area contributed by atoms with Crippen molar-refractivity contribution in [3.8, 4) is 0 Å². The Morgan fingerprint density at radius 1 is 1.29 bits per heavy atom. The molecule has 0 amide bonds. The second kappa shape index (κ2) is 3.45. The third-order valence-electron chi connectivity index (χ3n) is 3.38. The van der Waals surface area contributed by atoms with Gasteiger partial charge in [0.15, 0.2) is 5.13 Å². The molecule has 2 nitrogen and oxygen atoms in total. The number of nitrogen functional groups attached to an aromatic ring is 1. The van der Waals surface area contributed by atoms with Gasteiger partial charge in [-0.05, 0) is 41.4 Å². The Hall–Kier alpha value is -1.09. The summed E-state index contributed by atoms with van der Waals surface area (Å²) in [6, 6.07) is 4.48. The maximum Gasteiger partial charge on any atom is 0.181 e. The topological polar surface area (TPSA) is 38.9 Å². The zero-order valence-electron chi connectivity index (χ0n) is 10.6. The lowest BCUT2D eigenvalue weighted by Gasteiger charge is -2.23. The van der Waals surface area contributed by atoms with Crippen LogP contribution in [0, 0.1) is 0 Å². The van der Waals surface area contributed by atoms with Crippen molar-refractivity contribution < 1.29 is 0 Å². The van der Waals surface area contributed by atoms with Gasteiger partial charge in [0.1, 0.15) is 0 Å². The van der Waals surface area contributed by atoms with Gasteiger partial charge in [0.25, 0.3) is 0 Å². The first-order valence-corrected chi connectivity index (χ1v) is 6.98. The van der Waals surface area contributed by atoms with E-state index in [4.69, 9.17) is 5.73 Å². The fourth-order valence-corrected chi connectivity index (χ4v) is 3.29. The van der Waals surface area contributed by atoms with E-state index in [9.17, 15) is 0 Å². The number of fused-ring (bicyclic) bond motifs is 1. The Kier molecular flexibility index (Phi) is 2.24. The van der Waals surface area contributed by atoms with Gasteiger partial charge in [-0.25, -0.2) is 4.98 Å². The van der Waals surface area contributed by atoms with Gasteiger partial charge < -0.3 is 5.73 Å². The van der Waals surface area contributed by atoms with Gasteiger partial charge in [0, 0.05) is 0 Å². The van der Waals surface area contributed by atoms with E-state index >= 15 is 0 Å². The highest BCUT2D eigenvalue weighted by atomic mass is 32.1. The molecule has 0 bridgehead atoms. The van der Waals surface area contributed by atoms with E-state index in [1.54, 1.807) is 11.3 Å². The molecule has 1 fully saturated rings. The molecular weight excluding hydrogens is 228 g/mol. The Bertz CT molecular complexity index is 574. The van der Waals surface area contributed by atoms with Crippen molar-refractivity contribution in [1.82, 2.24) is 4.98 Å². The minimum atomic E-state index is 0.137. The molecule has 1 heterocycles. The van der Waals surface area contributed by atoms with E-state index in [0.717, 1.165) is 11.4 Å². The molecule has 0 unspecified atom stereocenters. The molecule has 2 N–H and O–H groups in total. The van der Waals surface area contributed by atoms with Crippen molar-refractivity contribution in [3.05, 3.63) is 23.3 Å². The highest BCUT2D eigenvalue weighted by molar-refractivity contribution is 7.22. The van der Waals surface area contributed by atoms with Crippen molar-refractivity contribution in [3.63, 3.8) is 0 Å². The van der Waals surface area contributed by atoms with Crippen LogP contribution in [-0.4, -0.2) is 4.98 Å². The maximum absolute atomic E-state index is 5.85. The smallest absolute Gasteiger partial charge is 0.181 e. The summed E-state index contributed by atoms with van der Waals surface area (Å²) >= 11 is 1.59. The van der Waals surface area contributed by atoms with Crippen LogP contribution < -0.4 is 5.73 Å². The standard InChI is InChI=1S/C14H18N2S/c1-14(2,3)11-9(8-4-5-8)6-7-10-12(11)16-13(15)17-10/h6-8H,4-5H2,1-3H3,(H2,15,16). The summed E-state index contributed by atoms with van der Waals surface area (Å²) in [5.74, 6) is 0.761. The van der Waals surface area contributed by atoms with E-state index in [1.165, 1.54) is 28.7 Å². The Labute approximate surface area is 106 Å². The van der Waals surface area contributed by atoms with Crippen LogP contribution in [0.4, 0.5) is 5.13 Å². The zero-order valence-corrected chi connectivity index (χ0v) is 11.4. The van der Waals surface area contributed by atoms with Gasteiger partial charge in [0.2, 0.25) is 0 Å². The van der Waals surface area contributed by atoms with Gasteiger partial charge in [-0.15, -0.1) is 0 Å². The van der Waals surface area contributed by atoms with Gasteiger partial charge in [-0.1, -0.05) is 38.2 Å². The molecule has 1 aromatic carbocycles. The lowest BCUT2D eigenvalue weighted by Crippen LogP contribution is -2.14. The van der Waals surface area contributed by atoms with Gasteiger partial charge in [-0.3, -0.25) is 0 Å². The average Bonchev–Trinajstić information content (AvgIpc) is 2.97. The number of aromatic nitrogens is 1. The lowest BCUT2D eigenvalue weighted by atomic mass is 9.81. The lowest BCUT2D eigenvalue weighted by molar-refractivity contribution is 0.587. The van der Waals surface area contributed by atoms with Gasteiger partial charge in [-0.2, -0.15) is 0 Å². The molecule has 0 spiro atoms. The molecule has 90 valence electrons. The summed E-state index contributed by atoms with van der Waals surface area (Å²) < 4.78 is 1.22. The quantitative estimate of drug-likeness (QED) is 0.824. The number of anilines is 1. The summed E-state index contributed by atoms with van der Waals surface area (Å²) in [5.41, 5.74) is 10.0. The number of thiazole rings is 1. The number of hydrogen-bond acceptors (Lipinski definition) is 3. The maximum atomic E-state index is 5.85. The number of nitrogens with zero attached hydrogens (tertiary/aromatic N) is 1. The molecule has 0 saturated heterocycles. The van der Waals surface area contributed by atoms with Gasteiger partial charge in [0.05, 0.1) is 10.2 Å². The second-order valence-electron chi connectivity index (χ2n) is 5.95. The van der Waals surface area contributed by atoms with Crippen LogP contribution in [0.25, 0.3) is 10.2 Å². The molecule has 1 aliphatic rings. The van der Waals surface area contributed by atoms with Crippen LogP contribution in [0.1, 0.15) is 50.7 Å². The highest BCUT2D eigenvalue weighted by Gasteiger charge is 2.31. The summed E-state index contributed by atoms with van der Waals surface area (Å²) in [6.45, 7) is 6.80.